The summed E-state index contributed by atoms with van der Waals surface area (Å²) in [4.78, 5) is 0. The van der Waals surface area contributed by atoms with E-state index in [1.54, 1.807) is 0 Å². The summed E-state index contributed by atoms with van der Waals surface area (Å²) in [7, 11) is -1.73. The van der Waals surface area contributed by atoms with Crippen LogP contribution in [0.25, 0.3) is 0 Å². The van der Waals surface area contributed by atoms with Gasteiger partial charge in [0, 0.05) is 5.66 Å². The van der Waals surface area contributed by atoms with Crippen LogP contribution in [-0.4, -0.2) is 18.0 Å². The molecule has 0 atom stereocenters. The van der Waals surface area contributed by atoms with Crippen molar-refractivity contribution in [2.75, 3.05) is 12.3 Å². The van der Waals surface area contributed by atoms with Crippen molar-refractivity contribution >= 4 is 7.14 Å². The van der Waals surface area contributed by atoms with Gasteiger partial charge in [0.1, 0.15) is 0 Å². The molecule has 0 N–H and O–H groups in total. The molecule has 0 spiro atoms. The first kappa shape index (κ1) is 9.32. The Morgan fingerprint density at radius 1 is 1.18 bits per heavy atom. The fourth-order valence-electron chi connectivity index (χ4n) is 2.11. The molecule has 66 valence electrons. The van der Waals surface area contributed by atoms with Crippen molar-refractivity contribution < 1.29 is 4.57 Å². The second kappa shape index (κ2) is 3.76. The lowest BCUT2D eigenvalue weighted by Crippen LogP contribution is -2.06. The van der Waals surface area contributed by atoms with Gasteiger partial charge < -0.3 is 4.57 Å². The number of hydrogen-bond donors (Lipinski definition) is 0. The summed E-state index contributed by atoms with van der Waals surface area (Å²) in [6, 6.07) is 0. The highest BCUT2D eigenvalue weighted by Crippen LogP contribution is 2.55. The van der Waals surface area contributed by atoms with Crippen molar-refractivity contribution in [3.05, 3.63) is 0 Å². The number of rotatable bonds is 3. The third-order valence-corrected chi connectivity index (χ3v) is 7.05. The van der Waals surface area contributed by atoms with E-state index in [1.807, 2.05) is 0 Å². The highest BCUT2D eigenvalue weighted by atomic mass is 31.2. The van der Waals surface area contributed by atoms with E-state index >= 15 is 0 Å². The molecule has 1 fully saturated rings. The SMILES string of the molecule is CCP(=O)(CC)C1CCCC1. The molecule has 0 amide bonds. The molecule has 0 radical (unpaired) electrons. The van der Waals surface area contributed by atoms with Crippen molar-refractivity contribution in [3.63, 3.8) is 0 Å². The summed E-state index contributed by atoms with van der Waals surface area (Å²) in [5.41, 5.74) is 0.595. The molecule has 1 aliphatic rings. The summed E-state index contributed by atoms with van der Waals surface area (Å²) in [5, 5.41) is 0. The van der Waals surface area contributed by atoms with Gasteiger partial charge in [-0.15, -0.1) is 0 Å². The minimum Gasteiger partial charge on any atom is -0.323 e. The monoisotopic (exact) mass is 174 g/mol. The van der Waals surface area contributed by atoms with E-state index in [0.717, 1.165) is 12.3 Å². The first-order valence-electron chi connectivity index (χ1n) is 4.80. The Kier molecular flexibility index (Phi) is 3.18. The average molecular weight is 174 g/mol. The van der Waals surface area contributed by atoms with Crippen LogP contribution in [0.3, 0.4) is 0 Å². The van der Waals surface area contributed by atoms with Crippen molar-refractivity contribution in [2.24, 2.45) is 0 Å². The van der Waals surface area contributed by atoms with Crippen molar-refractivity contribution in [2.45, 2.75) is 45.2 Å². The molecule has 1 rings (SSSR count). The maximum absolute atomic E-state index is 12.2. The Balaban J connectivity index is 2.60. The first-order valence-corrected chi connectivity index (χ1v) is 6.95. The van der Waals surface area contributed by atoms with Crippen molar-refractivity contribution in [1.29, 1.82) is 0 Å². The zero-order valence-corrected chi connectivity index (χ0v) is 8.57. The van der Waals surface area contributed by atoms with Gasteiger partial charge in [-0.05, 0) is 25.2 Å². The lowest BCUT2D eigenvalue weighted by Gasteiger charge is -2.21. The topological polar surface area (TPSA) is 17.1 Å². The van der Waals surface area contributed by atoms with E-state index in [9.17, 15) is 4.57 Å². The molecule has 0 aromatic heterocycles. The molecule has 0 aromatic rings. The Labute approximate surface area is 69.9 Å². The second-order valence-electron chi connectivity index (χ2n) is 3.52. The average Bonchev–Trinajstić information content (AvgIpc) is 2.55. The van der Waals surface area contributed by atoms with Crippen LogP contribution in [0.1, 0.15) is 39.5 Å². The van der Waals surface area contributed by atoms with Crippen LogP contribution in [0.5, 0.6) is 0 Å². The highest BCUT2D eigenvalue weighted by molar-refractivity contribution is 7.64. The van der Waals surface area contributed by atoms with E-state index in [4.69, 9.17) is 0 Å². The summed E-state index contributed by atoms with van der Waals surface area (Å²) in [6.07, 6.45) is 6.95. The zero-order valence-electron chi connectivity index (χ0n) is 7.68. The maximum Gasteiger partial charge on any atom is 0.0901 e. The highest BCUT2D eigenvalue weighted by Gasteiger charge is 2.31. The van der Waals surface area contributed by atoms with E-state index < -0.39 is 7.14 Å². The van der Waals surface area contributed by atoms with Gasteiger partial charge >= 0.3 is 0 Å². The molecule has 2 heteroatoms. The molecule has 1 nitrogen and oxygen atoms in total. The van der Waals surface area contributed by atoms with E-state index in [-0.39, 0.29) is 0 Å². The molecule has 11 heavy (non-hydrogen) atoms. The summed E-state index contributed by atoms with van der Waals surface area (Å²) < 4.78 is 12.2. The molecule has 1 saturated carbocycles. The maximum atomic E-state index is 12.2. The van der Waals surface area contributed by atoms with Crippen LogP contribution in [0.15, 0.2) is 0 Å². The van der Waals surface area contributed by atoms with E-state index in [1.165, 1.54) is 25.7 Å². The standard InChI is InChI=1S/C9H19OP/c1-3-11(10,4-2)9-7-5-6-8-9/h9H,3-8H2,1-2H3. The smallest absolute Gasteiger partial charge is 0.0901 e. The van der Waals surface area contributed by atoms with Crippen LogP contribution in [0.2, 0.25) is 0 Å². The van der Waals surface area contributed by atoms with Crippen molar-refractivity contribution in [3.8, 4) is 0 Å². The lowest BCUT2D eigenvalue weighted by atomic mass is 10.4. The Morgan fingerprint density at radius 3 is 2.00 bits per heavy atom. The normalized spacial score (nSPS) is 20.9. The number of hydrogen-bond acceptors (Lipinski definition) is 1. The van der Waals surface area contributed by atoms with Gasteiger partial charge in [0.25, 0.3) is 0 Å². The second-order valence-corrected chi connectivity index (χ2v) is 7.42. The lowest BCUT2D eigenvalue weighted by molar-refractivity contribution is 0.564. The van der Waals surface area contributed by atoms with Gasteiger partial charge in [-0.3, -0.25) is 0 Å². The fourth-order valence-corrected chi connectivity index (χ4v) is 4.90. The van der Waals surface area contributed by atoms with Crippen LogP contribution >= 0.6 is 7.14 Å². The zero-order chi connectivity index (χ0) is 8.32. The Hall–Kier alpha value is 0.230. The van der Waals surface area contributed by atoms with Crippen LogP contribution < -0.4 is 0 Å². The largest absolute Gasteiger partial charge is 0.323 e. The summed E-state index contributed by atoms with van der Waals surface area (Å²) in [6.45, 7) is 4.17. The van der Waals surface area contributed by atoms with Gasteiger partial charge in [-0.2, -0.15) is 0 Å². The van der Waals surface area contributed by atoms with Gasteiger partial charge in [-0.25, -0.2) is 0 Å². The molecule has 0 saturated heterocycles. The molecular formula is C9H19OP. The molecule has 0 aliphatic heterocycles. The van der Waals surface area contributed by atoms with Gasteiger partial charge in [0.05, 0.1) is 7.14 Å². The van der Waals surface area contributed by atoms with Gasteiger partial charge in [-0.1, -0.05) is 26.7 Å². The third-order valence-electron chi connectivity index (χ3n) is 3.06. The van der Waals surface area contributed by atoms with Crippen molar-refractivity contribution in [1.82, 2.24) is 0 Å². The van der Waals surface area contributed by atoms with Gasteiger partial charge in [0.15, 0.2) is 0 Å². The van der Waals surface area contributed by atoms with Crippen LogP contribution in [-0.2, 0) is 4.57 Å². The molecule has 1 aliphatic carbocycles. The molecule has 0 unspecified atom stereocenters. The van der Waals surface area contributed by atoms with Gasteiger partial charge in [0.2, 0.25) is 0 Å². The quantitative estimate of drug-likeness (QED) is 0.600. The molecule has 0 bridgehead atoms. The summed E-state index contributed by atoms with van der Waals surface area (Å²) in [5.74, 6) is 0. The first-order chi connectivity index (χ1) is 5.23. The molecule has 0 aromatic carbocycles. The minimum absolute atomic E-state index is 0.595. The minimum atomic E-state index is -1.73. The molecular weight excluding hydrogens is 155 g/mol. The Bertz CT molecular complexity index is 151. The van der Waals surface area contributed by atoms with E-state index in [2.05, 4.69) is 13.8 Å². The predicted octanol–water partition coefficient (Wildman–Crippen LogP) is 3.33. The Morgan fingerprint density at radius 2 is 1.64 bits per heavy atom. The third kappa shape index (κ3) is 1.87. The van der Waals surface area contributed by atoms with E-state index in [0.29, 0.717) is 5.66 Å². The van der Waals surface area contributed by atoms with Crippen LogP contribution in [0, 0.1) is 0 Å². The fraction of sp³-hybridized carbons (Fsp3) is 1.00. The molecule has 0 heterocycles. The summed E-state index contributed by atoms with van der Waals surface area (Å²) >= 11 is 0. The van der Waals surface area contributed by atoms with Crippen LogP contribution in [0.4, 0.5) is 0 Å². The predicted molar refractivity (Wildman–Crippen MR) is 50.9 cm³/mol.